The summed E-state index contributed by atoms with van der Waals surface area (Å²) in [5.41, 5.74) is -1.50. The number of nitrogens with one attached hydrogen (secondary N) is 1. The van der Waals surface area contributed by atoms with Gasteiger partial charge in [0.2, 0.25) is 0 Å². The highest BCUT2D eigenvalue weighted by Gasteiger charge is 2.26. The first-order valence-electron chi connectivity index (χ1n) is 5.99. The van der Waals surface area contributed by atoms with Gasteiger partial charge in [-0.2, -0.15) is 0 Å². The summed E-state index contributed by atoms with van der Waals surface area (Å²) in [6.07, 6.45) is 0.376. The van der Waals surface area contributed by atoms with Gasteiger partial charge in [0, 0.05) is 19.8 Å². The van der Waals surface area contributed by atoms with Gasteiger partial charge in [-0.1, -0.05) is 0 Å². The second-order valence-corrected chi connectivity index (χ2v) is 4.18. The Labute approximate surface area is 118 Å². The summed E-state index contributed by atoms with van der Waals surface area (Å²) in [5, 5.41) is 22.0. The van der Waals surface area contributed by atoms with E-state index >= 15 is 0 Å². The van der Waals surface area contributed by atoms with Crippen LogP contribution in [0.2, 0.25) is 0 Å². The summed E-state index contributed by atoms with van der Waals surface area (Å²) in [7, 11) is 1.43. The Morgan fingerprint density at radius 3 is 2.71 bits per heavy atom. The molecule has 0 aliphatic heterocycles. The number of anilines is 1. The van der Waals surface area contributed by atoms with Gasteiger partial charge in [0.1, 0.15) is 6.04 Å². The van der Waals surface area contributed by atoms with Crippen molar-refractivity contribution in [3.63, 3.8) is 0 Å². The van der Waals surface area contributed by atoms with Crippen molar-refractivity contribution in [3.05, 3.63) is 33.9 Å². The lowest BCUT2D eigenvalue weighted by atomic mass is 10.1. The molecule has 9 heteroatoms. The van der Waals surface area contributed by atoms with Gasteiger partial charge < -0.3 is 15.2 Å². The van der Waals surface area contributed by atoms with Gasteiger partial charge in [-0.05, 0) is 18.9 Å². The number of methoxy groups -OCH3 is 1. The van der Waals surface area contributed by atoms with Crippen molar-refractivity contribution in [3.8, 4) is 0 Å². The van der Waals surface area contributed by atoms with E-state index in [9.17, 15) is 23.7 Å². The minimum atomic E-state index is -1.48. The fraction of sp³-hybridized carbons (Fsp3) is 0.417. The maximum Gasteiger partial charge on any atom is 0.326 e. The number of nitro benzene ring substituents is 1. The summed E-state index contributed by atoms with van der Waals surface area (Å²) in [6.45, 7) is 0.277. The zero-order valence-corrected chi connectivity index (χ0v) is 11.1. The Hall–Kier alpha value is -2.29. The number of hydrogen-bond acceptors (Lipinski definition) is 5. The highest BCUT2D eigenvalue weighted by atomic mass is 19.2. The Balaban J connectivity index is 3.04. The van der Waals surface area contributed by atoms with Crippen molar-refractivity contribution < 1.29 is 28.3 Å². The zero-order chi connectivity index (χ0) is 16.0. The van der Waals surface area contributed by atoms with Crippen LogP contribution in [0.15, 0.2) is 12.1 Å². The van der Waals surface area contributed by atoms with Crippen molar-refractivity contribution in [2.45, 2.75) is 18.9 Å². The molecule has 0 saturated heterocycles. The molecule has 0 fully saturated rings. The van der Waals surface area contributed by atoms with Crippen molar-refractivity contribution in [1.82, 2.24) is 0 Å². The van der Waals surface area contributed by atoms with Crippen molar-refractivity contribution in [1.29, 1.82) is 0 Å². The predicted molar refractivity (Wildman–Crippen MR) is 69.2 cm³/mol. The number of nitrogens with zero attached hydrogens (tertiary/aromatic N) is 1. The number of nitro groups is 1. The summed E-state index contributed by atoms with van der Waals surface area (Å²) in [5.74, 6) is -4.12. The molecule has 1 unspecified atom stereocenters. The maximum absolute atomic E-state index is 13.7. The quantitative estimate of drug-likeness (QED) is 0.433. The zero-order valence-electron chi connectivity index (χ0n) is 11.1. The molecule has 0 heterocycles. The SMILES string of the molecule is COCCCC(Nc1c([N+](=O)[O-])ccc(F)c1F)C(=O)O. The summed E-state index contributed by atoms with van der Waals surface area (Å²) < 4.78 is 31.6. The van der Waals surface area contributed by atoms with Crippen molar-refractivity contribution in [2.75, 3.05) is 19.0 Å². The van der Waals surface area contributed by atoms with E-state index in [1.165, 1.54) is 7.11 Å². The van der Waals surface area contributed by atoms with E-state index in [1.54, 1.807) is 0 Å². The van der Waals surface area contributed by atoms with E-state index in [1.807, 2.05) is 0 Å². The molecule has 1 atom stereocenters. The molecule has 116 valence electrons. The van der Waals surface area contributed by atoms with E-state index < -0.39 is 39.9 Å². The van der Waals surface area contributed by atoms with Gasteiger partial charge in [-0.15, -0.1) is 0 Å². The summed E-state index contributed by atoms with van der Waals surface area (Å²) in [4.78, 5) is 21.0. The first kappa shape index (κ1) is 16.8. The monoisotopic (exact) mass is 304 g/mol. The number of ether oxygens (including phenoxy) is 1. The molecule has 1 aromatic rings. The molecular weight excluding hydrogens is 290 g/mol. The van der Waals surface area contributed by atoms with E-state index in [-0.39, 0.29) is 13.0 Å². The molecule has 0 amide bonds. The number of rotatable bonds is 8. The smallest absolute Gasteiger partial charge is 0.326 e. The van der Waals surface area contributed by atoms with Crippen LogP contribution in [0.25, 0.3) is 0 Å². The molecule has 0 bridgehead atoms. The molecule has 0 saturated carbocycles. The lowest BCUT2D eigenvalue weighted by Gasteiger charge is -2.16. The number of carboxylic acids is 1. The number of carbonyl (C=O) groups is 1. The molecule has 7 nitrogen and oxygen atoms in total. The fourth-order valence-electron chi connectivity index (χ4n) is 1.69. The van der Waals surface area contributed by atoms with Crippen LogP contribution in [0.3, 0.4) is 0 Å². The van der Waals surface area contributed by atoms with E-state index in [4.69, 9.17) is 9.84 Å². The third-order valence-corrected chi connectivity index (χ3v) is 2.73. The second kappa shape index (κ2) is 7.48. The number of aliphatic carboxylic acids is 1. The average molecular weight is 304 g/mol. The molecular formula is C12H14F2N2O5. The largest absolute Gasteiger partial charge is 0.480 e. The van der Waals surface area contributed by atoms with Crippen LogP contribution in [0, 0.1) is 21.7 Å². The number of halogens is 2. The Morgan fingerprint density at radius 2 is 2.19 bits per heavy atom. The number of benzene rings is 1. The Kier molecular flexibility index (Phi) is 5.97. The topological polar surface area (TPSA) is 102 Å². The van der Waals surface area contributed by atoms with Gasteiger partial charge in [0.25, 0.3) is 5.69 Å². The molecule has 0 radical (unpaired) electrons. The van der Waals surface area contributed by atoms with Crippen LogP contribution in [0.5, 0.6) is 0 Å². The standard InChI is InChI=1S/C12H14F2N2O5/c1-21-6-2-3-8(12(17)18)15-11-9(16(19)20)5-4-7(13)10(11)14/h4-5,8,15H,2-3,6H2,1H3,(H,17,18). The van der Waals surface area contributed by atoms with Crippen LogP contribution in [0.1, 0.15) is 12.8 Å². The first-order chi connectivity index (χ1) is 9.88. The minimum absolute atomic E-state index is 0.0380. The van der Waals surface area contributed by atoms with Crippen LogP contribution in [0.4, 0.5) is 20.2 Å². The Morgan fingerprint density at radius 1 is 1.52 bits per heavy atom. The normalized spacial score (nSPS) is 12.0. The van der Waals surface area contributed by atoms with Gasteiger partial charge in [0.15, 0.2) is 17.3 Å². The molecule has 1 rings (SSSR count). The number of carboxylic acid groups (broad SMARTS) is 1. The molecule has 1 aromatic carbocycles. The minimum Gasteiger partial charge on any atom is -0.480 e. The third kappa shape index (κ3) is 4.35. The summed E-state index contributed by atoms with van der Waals surface area (Å²) >= 11 is 0. The third-order valence-electron chi connectivity index (χ3n) is 2.73. The lowest BCUT2D eigenvalue weighted by molar-refractivity contribution is -0.384. The highest BCUT2D eigenvalue weighted by Crippen LogP contribution is 2.30. The summed E-state index contributed by atoms with van der Waals surface area (Å²) in [6, 6.07) is 0.0869. The van der Waals surface area contributed by atoms with Gasteiger partial charge in [-0.3, -0.25) is 10.1 Å². The van der Waals surface area contributed by atoms with Crippen LogP contribution >= 0.6 is 0 Å². The second-order valence-electron chi connectivity index (χ2n) is 4.18. The maximum atomic E-state index is 13.7. The molecule has 0 spiro atoms. The molecule has 21 heavy (non-hydrogen) atoms. The van der Waals surface area contributed by atoms with Gasteiger partial charge >= 0.3 is 5.97 Å². The lowest BCUT2D eigenvalue weighted by Crippen LogP contribution is -2.30. The fourth-order valence-corrected chi connectivity index (χ4v) is 1.69. The molecule has 2 N–H and O–H groups in total. The van der Waals surface area contributed by atoms with E-state index in [0.717, 1.165) is 6.07 Å². The van der Waals surface area contributed by atoms with Gasteiger partial charge in [-0.25, -0.2) is 13.6 Å². The van der Waals surface area contributed by atoms with E-state index in [2.05, 4.69) is 5.32 Å². The number of hydrogen-bond donors (Lipinski definition) is 2. The van der Waals surface area contributed by atoms with Gasteiger partial charge in [0.05, 0.1) is 4.92 Å². The van der Waals surface area contributed by atoms with Crippen LogP contribution < -0.4 is 5.32 Å². The van der Waals surface area contributed by atoms with Crippen molar-refractivity contribution in [2.24, 2.45) is 0 Å². The van der Waals surface area contributed by atoms with E-state index in [0.29, 0.717) is 12.5 Å². The Bertz CT molecular complexity index is 539. The average Bonchev–Trinajstić information content (AvgIpc) is 2.42. The molecule has 0 aromatic heterocycles. The molecule has 0 aliphatic carbocycles. The molecule has 0 aliphatic rings. The van der Waals surface area contributed by atoms with Crippen LogP contribution in [-0.2, 0) is 9.53 Å². The van der Waals surface area contributed by atoms with Crippen molar-refractivity contribution >= 4 is 17.3 Å². The predicted octanol–water partition coefficient (Wildman–Crippen LogP) is 2.16. The highest BCUT2D eigenvalue weighted by molar-refractivity contribution is 5.79. The first-order valence-corrected chi connectivity index (χ1v) is 5.99. The van der Waals surface area contributed by atoms with Crippen LogP contribution in [-0.4, -0.2) is 35.8 Å².